The number of piperazine rings is 1. The Morgan fingerprint density at radius 2 is 1.74 bits per heavy atom. The summed E-state index contributed by atoms with van der Waals surface area (Å²) in [5.41, 5.74) is 1.53. The fraction of sp³-hybridized carbons (Fsp3) is 0.400. The van der Waals surface area contributed by atoms with Gasteiger partial charge in [-0.1, -0.05) is 24.3 Å². The van der Waals surface area contributed by atoms with Crippen molar-refractivity contribution in [2.75, 3.05) is 63.7 Å². The van der Waals surface area contributed by atoms with Gasteiger partial charge in [-0.15, -0.1) is 11.6 Å². The molecule has 248 valence electrons. The Labute approximate surface area is 278 Å². The summed E-state index contributed by atoms with van der Waals surface area (Å²) in [5, 5.41) is 5.03. The molecule has 0 radical (unpaired) electrons. The van der Waals surface area contributed by atoms with E-state index in [1.54, 1.807) is 60.9 Å². The molecule has 4 aromatic rings. The maximum atomic E-state index is 14.0. The van der Waals surface area contributed by atoms with E-state index in [1.807, 2.05) is 31.3 Å². The van der Waals surface area contributed by atoms with Crippen LogP contribution in [0.2, 0.25) is 0 Å². The summed E-state index contributed by atoms with van der Waals surface area (Å²) in [4.78, 5) is 44.6. The van der Waals surface area contributed by atoms with Gasteiger partial charge in [0, 0.05) is 61.4 Å². The highest BCUT2D eigenvalue weighted by Gasteiger charge is 2.36. The number of furan rings is 1. The number of anilines is 1. The van der Waals surface area contributed by atoms with E-state index in [0.29, 0.717) is 53.7 Å². The Hall–Kier alpha value is -4.48. The maximum absolute atomic E-state index is 14.0. The average molecular weight is 663 g/mol. The molecule has 47 heavy (non-hydrogen) atoms. The normalized spacial score (nSPS) is 16.7. The molecule has 1 fully saturated rings. The largest absolute Gasteiger partial charge is 0.492 e. The van der Waals surface area contributed by atoms with Crippen LogP contribution in [0.4, 0.5) is 15.3 Å². The Bertz CT molecular complexity index is 1810. The van der Waals surface area contributed by atoms with Gasteiger partial charge in [0.2, 0.25) is 0 Å². The van der Waals surface area contributed by atoms with Crippen LogP contribution in [0.5, 0.6) is 11.5 Å². The predicted octanol–water partition coefficient (Wildman–Crippen LogP) is 6.22. The number of alkyl carbamates (subject to hydrolysis) is 1. The summed E-state index contributed by atoms with van der Waals surface area (Å²) in [6.45, 7) is 8.96. The number of alkyl halides is 1. The zero-order chi connectivity index (χ0) is 33.3. The molecule has 2 aliphatic heterocycles. The standard InChI is InChI=1S/C35H39ClN4O7/c1-35(2,3)47-33(42)37-11-16-44-24-9-10-28-22(17-24)18-30(45-28)32(41)40-21-23(20-36)31-26-8-6-5-7-25(26)29(19-27(31)40)46-34(43)39-14-12-38(4)13-15-39/h5-10,17-19,23H,11-16,20-21H2,1-4H3,(H,37,42)/t23-/m1/s1. The zero-order valence-electron chi connectivity index (χ0n) is 27.0. The summed E-state index contributed by atoms with van der Waals surface area (Å²) in [7, 11) is 2.03. The number of rotatable bonds is 7. The first-order valence-electron chi connectivity index (χ1n) is 15.7. The lowest BCUT2D eigenvalue weighted by atomic mass is 9.95. The molecular formula is C35H39ClN4O7. The Morgan fingerprint density at radius 3 is 2.47 bits per heavy atom. The maximum Gasteiger partial charge on any atom is 0.415 e. The Morgan fingerprint density at radius 1 is 1.00 bits per heavy atom. The number of carbonyl (C=O) groups excluding carboxylic acids is 3. The van der Waals surface area contributed by atoms with Crippen LogP contribution in [0.15, 0.2) is 59.0 Å². The molecule has 3 heterocycles. The molecule has 0 spiro atoms. The second-order valence-corrected chi connectivity index (χ2v) is 13.2. The topological polar surface area (TPSA) is 114 Å². The van der Waals surface area contributed by atoms with Crippen molar-refractivity contribution in [1.29, 1.82) is 0 Å². The van der Waals surface area contributed by atoms with Gasteiger partial charge in [-0.05, 0) is 63.0 Å². The quantitative estimate of drug-likeness (QED) is 0.183. The van der Waals surface area contributed by atoms with Crippen LogP contribution in [0.1, 0.15) is 42.8 Å². The van der Waals surface area contributed by atoms with E-state index in [1.165, 1.54) is 0 Å². The molecule has 2 aliphatic rings. The highest BCUT2D eigenvalue weighted by Crippen LogP contribution is 2.46. The Kier molecular flexibility index (Phi) is 9.20. The van der Waals surface area contributed by atoms with E-state index in [2.05, 4.69) is 10.2 Å². The number of amides is 3. The molecule has 0 saturated carbocycles. The molecule has 0 aliphatic carbocycles. The van der Waals surface area contributed by atoms with Crippen LogP contribution >= 0.6 is 11.6 Å². The number of likely N-dealkylation sites (N-methyl/N-ethyl adjacent to an activating group) is 1. The van der Waals surface area contributed by atoms with Crippen LogP contribution < -0.4 is 19.7 Å². The molecule has 11 nitrogen and oxygen atoms in total. The van der Waals surface area contributed by atoms with Crippen molar-refractivity contribution in [3.8, 4) is 11.5 Å². The molecule has 0 unspecified atom stereocenters. The lowest BCUT2D eigenvalue weighted by molar-refractivity contribution is 0.0520. The summed E-state index contributed by atoms with van der Waals surface area (Å²) < 4.78 is 23.0. The molecule has 3 amide bonds. The van der Waals surface area contributed by atoms with E-state index < -0.39 is 17.8 Å². The molecule has 1 atom stereocenters. The van der Waals surface area contributed by atoms with Crippen LogP contribution in [-0.4, -0.2) is 92.3 Å². The van der Waals surface area contributed by atoms with Gasteiger partial charge in [-0.3, -0.25) is 4.79 Å². The molecule has 1 saturated heterocycles. The predicted molar refractivity (Wildman–Crippen MR) is 180 cm³/mol. The van der Waals surface area contributed by atoms with Gasteiger partial charge >= 0.3 is 12.2 Å². The van der Waals surface area contributed by atoms with E-state index >= 15 is 0 Å². The zero-order valence-corrected chi connectivity index (χ0v) is 27.8. The van der Waals surface area contributed by atoms with Gasteiger partial charge in [0.25, 0.3) is 5.91 Å². The number of nitrogens with zero attached hydrogens (tertiary/aromatic N) is 3. The third kappa shape index (κ3) is 7.11. The second kappa shape index (κ2) is 13.3. The van der Waals surface area contributed by atoms with Crippen molar-refractivity contribution in [2.45, 2.75) is 32.3 Å². The van der Waals surface area contributed by atoms with Gasteiger partial charge in [0.05, 0.1) is 12.2 Å². The molecule has 1 N–H and O–H groups in total. The van der Waals surface area contributed by atoms with E-state index in [9.17, 15) is 14.4 Å². The van der Waals surface area contributed by atoms with E-state index in [4.69, 9.17) is 30.2 Å². The number of benzene rings is 3. The number of halogens is 1. The smallest absolute Gasteiger partial charge is 0.415 e. The van der Waals surface area contributed by atoms with Gasteiger partial charge < -0.3 is 38.6 Å². The fourth-order valence-electron chi connectivity index (χ4n) is 5.95. The highest BCUT2D eigenvalue weighted by atomic mass is 35.5. The number of nitrogens with one attached hydrogen (secondary N) is 1. The fourth-order valence-corrected chi connectivity index (χ4v) is 6.20. The van der Waals surface area contributed by atoms with Crippen LogP contribution in [0.3, 0.4) is 0 Å². The second-order valence-electron chi connectivity index (χ2n) is 12.9. The SMILES string of the molecule is CN1CCN(C(=O)Oc2cc3c(c4ccccc24)[C@H](CCl)CN3C(=O)c2cc3cc(OCCNC(=O)OC(C)(C)C)ccc3o2)CC1. The van der Waals surface area contributed by atoms with Crippen molar-refractivity contribution < 1.29 is 33.0 Å². The van der Waals surface area contributed by atoms with Crippen LogP contribution in [0.25, 0.3) is 21.7 Å². The first-order valence-corrected chi connectivity index (χ1v) is 16.3. The van der Waals surface area contributed by atoms with Crippen molar-refractivity contribution in [3.63, 3.8) is 0 Å². The number of hydrogen-bond donors (Lipinski definition) is 1. The average Bonchev–Trinajstić information content (AvgIpc) is 3.64. The number of hydrogen-bond acceptors (Lipinski definition) is 8. The van der Waals surface area contributed by atoms with Crippen molar-refractivity contribution in [1.82, 2.24) is 15.1 Å². The summed E-state index contributed by atoms with van der Waals surface area (Å²) in [5.74, 6) is 0.977. The summed E-state index contributed by atoms with van der Waals surface area (Å²) >= 11 is 6.47. The lowest BCUT2D eigenvalue weighted by Crippen LogP contribution is -2.48. The van der Waals surface area contributed by atoms with Crippen LogP contribution in [-0.2, 0) is 4.74 Å². The Balaban J connectivity index is 1.22. The molecule has 3 aromatic carbocycles. The summed E-state index contributed by atoms with van der Waals surface area (Å²) in [6.07, 6.45) is -0.924. The first kappa shape index (κ1) is 32.5. The first-order chi connectivity index (χ1) is 22.5. The minimum Gasteiger partial charge on any atom is -0.492 e. The van der Waals surface area contributed by atoms with Crippen LogP contribution in [0, 0.1) is 0 Å². The monoisotopic (exact) mass is 662 g/mol. The van der Waals surface area contributed by atoms with E-state index in [-0.39, 0.29) is 30.7 Å². The molecule has 1 aromatic heterocycles. The molecular weight excluding hydrogens is 624 g/mol. The summed E-state index contributed by atoms with van der Waals surface area (Å²) in [6, 6.07) is 16.5. The number of ether oxygens (including phenoxy) is 3. The third-order valence-electron chi connectivity index (χ3n) is 8.26. The van der Waals surface area contributed by atoms with Crippen molar-refractivity contribution in [2.24, 2.45) is 0 Å². The van der Waals surface area contributed by atoms with Crippen molar-refractivity contribution >= 4 is 57.1 Å². The van der Waals surface area contributed by atoms with E-state index in [0.717, 1.165) is 29.4 Å². The molecule has 12 heteroatoms. The molecule has 0 bridgehead atoms. The van der Waals surface area contributed by atoms with Gasteiger partial charge in [0.1, 0.15) is 29.3 Å². The number of fused-ring (bicyclic) bond motifs is 4. The highest BCUT2D eigenvalue weighted by molar-refractivity contribution is 6.19. The number of carbonyl (C=O) groups is 3. The minimum atomic E-state index is -0.581. The van der Waals surface area contributed by atoms with Gasteiger partial charge in [0.15, 0.2) is 5.76 Å². The van der Waals surface area contributed by atoms with Gasteiger partial charge in [-0.2, -0.15) is 0 Å². The third-order valence-corrected chi connectivity index (χ3v) is 8.63. The van der Waals surface area contributed by atoms with Crippen molar-refractivity contribution in [3.05, 3.63) is 65.9 Å². The van der Waals surface area contributed by atoms with Gasteiger partial charge in [-0.25, -0.2) is 9.59 Å². The molecule has 6 rings (SSSR count). The lowest BCUT2D eigenvalue weighted by Gasteiger charge is -2.31. The minimum absolute atomic E-state index is 0.124.